The zero-order chi connectivity index (χ0) is 13.8. The van der Waals surface area contributed by atoms with Crippen LogP contribution in [0.1, 0.15) is 47.0 Å². The molecule has 1 rings (SSSR count). The maximum Gasteiger partial charge on any atom is 0.326 e. The van der Waals surface area contributed by atoms with Gasteiger partial charge < -0.3 is 9.84 Å². The smallest absolute Gasteiger partial charge is 0.326 e. The molecule has 0 aromatic rings. The van der Waals surface area contributed by atoms with Crippen molar-refractivity contribution in [1.82, 2.24) is 5.32 Å². The lowest BCUT2D eigenvalue weighted by molar-refractivity contribution is -0.149. The minimum absolute atomic E-state index is 0.149. The molecule has 1 aliphatic carbocycles. The molecule has 18 heavy (non-hydrogen) atoms. The van der Waals surface area contributed by atoms with Gasteiger partial charge in [-0.05, 0) is 44.9 Å². The van der Waals surface area contributed by atoms with Crippen LogP contribution in [-0.4, -0.2) is 35.9 Å². The Hall–Kier alpha value is -0.610. The molecule has 0 spiro atoms. The van der Waals surface area contributed by atoms with Crippen LogP contribution >= 0.6 is 0 Å². The minimum Gasteiger partial charge on any atom is -0.480 e. The molecule has 0 bridgehead atoms. The van der Waals surface area contributed by atoms with E-state index in [-0.39, 0.29) is 18.6 Å². The summed E-state index contributed by atoms with van der Waals surface area (Å²) in [6.45, 7) is 9.15. The van der Waals surface area contributed by atoms with Gasteiger partial charge in [-0.25, -0.2) is 0 Å². The Kier molecular flexibility index (Phi) is 5.60. The predicted molar refractivity (Wildman–Crippen MR) is 71.6 cm³/mol. The van der Waals surface area contributed by atoms with Gasteiger partial charge in [-0.1, -0.05) is 13.8 Å². The van der Waals surface area contributed by atoms with Crippen molar-refractivity contribution in [2.45, 2.75) is 58.5 Å². The first-order valence-corrected chi connectivity index (χ1v) is 6.97. The van der Waals surface area contributed by atoms with E-state index in [2.05, 4.69) is 19.2 Å². The molecule has 1 unspecified atom stereocenters. The number of carbonyl (C=O) groups is 1. The minimum atomic E-state index is -0.884. The summed E-state index contributed by atoms with van der Waals surface area (Å²) in [5.41, 5.74) is -0.884. The van der Waals surface area contributed by atoms with Crippen LogP contribution in [0.5, 0.6) is 0 Å². The molecule has 1 saturated carbocycles. The van der Waals surface area contributed by atoms with Gasteiger partial charge in [0.2, 0.25) is 0 Å². The molecule has 0 radical (unpaired) electrons. The third-order valence-corrected chi connectivity index (χ3v) is 3.37. The molecule has 0 saturated heterocycles. The number of carboxylic acids is 1. The molecule has 106 valence electrons. The molecule has 4 nitrogen and oxygen atoms in total. The molecule has 0 heterocycles. The second kappa shape index (κ2) is 6.53. The quantitative estimate of drug-likeness (QED) is 0.622. The number of hydrogen-bond acceptors (Lipinski definition) is 3. The van der Waals surface area contributed by atoms with Crippen molar-refractivity contribution in [3.8, 4) is 0 Å². The van der Waals surface area contributed by atoms with E-state index in [1.807, 2.05) is 13.8 Å². The zero-order valence-corrected chi connectivity index (χ0v) is 12.0. The van der Waals surface area contributed by atoms with Crippen molar-refractivity contribution in [3.05, 3.63) is 0 Å². The molecule has 0 amide bonds. The summed E-state index contributed by atoms with van der Waals surface area (Å²) >= 11 is 0. The number of hydrogen-bond donors (Lipinski definition) is 2. The van der Waals surface area contributed by atoms with E-state index in [0.717, 1.165) is 19.3 Å². The number of nitrogens with one attached hydrogen (secondary N) is 1. The van der Waals surface area contributed by atoms with Gasteiger partial charge in [0.05, 0.1) is 6.61 Å². The summed E-state index contributed by atoms with van der Waals surface area (Å²) in [5, 5.41) is 12.8. The second-order valence-electron chi connectivity index (χ2n) is 6.08. The number of aliphatic carboxylic acids is 1. The Morgan fingerprint density at radius 2 is 2.00 bits per heavy atom. The molecule has 1 aliphatic rings. The Balaban J connectivity index is 2.56. The summed E-state index contributed by atoms with van der Waals surface area (Å²) in [4.78, 5) is 11.6. The first-order valence-electron chi connectivity index (χ1n) is 6.97. The largest absolute Gasteiger partial charge is 0.480 e. The summed E-state index contributed by atoms with van der Waals surface area (Å²) < 4.78 is 5.63. The average Bonchev–Trinajstić information content (AvgIpc) is 3.05. The highest BCUT2D eigenvalue weighted by Gasteiger charge is 2.51. The van der Waals surface area contributed by atoms with Crippen molar-refractivity contribution in [2.75, 3.05) is 13.2 Å². The molecule has 0 aliphatic heterocycles. The van der Waals surface area contributed by atoms with E-state index in [1.54, 1.807) is 0 Å². The first kappa shape index (κ1) is 15.4. The summed E-state index contributed by atoms with van der Waals surface area (Å²) in [5.74, 6) is 0.0305. The molecule has 0 aromatic heterocycles. The van der Waals surface area contributed by atoms with Crippen LogP contribution < -0.4 is 5.32 Å². The topological polar surface area (TPSA) is 58.6 Å². The van der Waals surface area contributed by atoms with E-state index < -0.39 is 11.5 Å². The Bertz CT molecular complexity index is 274. The number of ether oxygens (including phenoxy) is 1. The van der Waals surface area contributed by atoms with Gasteiger partial charge >= 0.3 is 5.97 Å². The van der Waals surface area contributed by atoms with Crippen molar-refractivity contribution >= 4 is 5.97 Å². The van der Waals surface area contributed by atoms with E-state index in [1.165, 1.54) is 0 Å². The molecular formula is C14H27NO3. The molecule has 4 heteroatoms. The van der Waals surface area contributed by atoms with Gasteiger partial charge in [-0.2, -0.15) is 0 Å². The summed E-state index contributed by atoms with van der Waals surface area (Å²) in [6, 6.07) is 0.149. The normalized spacial score (nSPS) is 19.2. The van der Waals surface area contributed by atoms with Crippen molar-refractivity contribution < 1.29 is 14.6 Å². The third-order valence-electron chi connectivity index (χ3n) is 3.37. The third kappa shape index (κ3) is 4.25. The fraction of sp³-hybridized carbons (Fsp3) is 0.929. The molecule has 2 N–H and O–H groups in total. The molecule has 1 atom stereocenters. The monoisotopic (exact) mass is 257 g/mol. The highest BCUT2D eigenvalue weighted by molar-refractivity contribution is 5.80. The van der Waals surface area contributed by atoms with Gasteiger partial charge in [-0.15, -0.1) is 0 Å². The molecular weight excluding hydrogens is 230 g/mol. The second-order valence-corrected chi connectivity index (χ2v) is 6.08. The van der Waals surface area contributed by atoms with Crippen LogP contribution in [0.4, 0.5) is 0 Å². The van der Waals surface area contributed by atoms with E-state index in [4.69, 9.17) is 4.74 Å². The zero-order valence-electron chi connectivity index (χ0n) is 12.0. The highest BCUT2D eigenvalue weighted by Crippen LogP contribution is 2.40. The lowest BCUT2D eigenvalue weighted by atomic mass is 9.93. The fourth-order valence-corrected chi connectivity index (χ4v) is 2.22. The van der Waals surface area contributed by atoms with Gasteiger partial charge in [0.15, 0.2) is 0 Å². The lowest BCUT2D eigenvalue weighted by Gasteiger charge is -2.32. The van der Waals surface area contributed by atoms with Crippen LogP contribution in [0.15, 0.2) is 0 Å². The number of carboxylic acid groups (broad SMARTS) is 1. The lowest BCUT2D eigenvalue weighted by Crippen LogP contribution is -2.59. The van der Waals surface area contributed by atoms with Crippen LogP contribution in [-0.2, 0) is 9.53 Å². The van der Waals surface area contributed by atoms with E-state index >= 15 is 0 Å². The van der Waals surface area contributed by atoms with Crippen LogP contribution in [0.3, 0.4) is 0 Å². The van der Waals surface area contributed by atoms with Gasteiger partial charge in [-0.3, -0.25) is 10.1 Å². The Morgan fingerprint density at radius 3 is 2.39 bits per heavy atom. The van der Waals surface area contributed by atoms with Crippen LogP contribution in [0.2, 0.25) is 0 Å². The molecule has 1 fully saturated rings. The van der Waals surface area contributed by atoms with Crippen molar-refractivity contribution in [1.29, 1.82) is 0 Å². The fourth-order valence-electron chi connectivity index (χ4n) is 2.22. The average molecular weight is 257 g/mol. The van der Waals surface area contributed by atoms with Crippen molar-refractivity contribution in [3.63, 3.8) is 0 Å². The van der Waals surface area contributed by atoms with Crippen LogP contribution in [0.25, 0.3) is 0 Å². The van der Waals surface area contributed by atoms with Crippen molar-refractivity contribution in [2.24, 2.45) is 11.8 Å². The van der Waals surface area contributed by atoms with Gasteiger partial charge in [0, 0.05) is 12.6 Å². The standard InChI is InChI=1S/C14H27NO3/c1-10(2)7-8-18-9-14(13(16)17,12-5-6-12)15-11(3)4/h10-12,15H,5-9H2,1-4H3,(H,16,17). The van der Waals surface area contributed by atoms with E-state index in [9.17, 15) is 9.90 Å². The maximum atomic E-state index is 11.6. The highest BCUT2D eigenvalue weighted by atomic mass is 16.5. The maximum absolute atomic E-state index is 11.6. The SMILES string of the molecule is CC(C)CCOCC(NC(C)C)(C(=O)O)C1CC1. The van der Waals surface area contributed by atoms with Gasteiger partial charge in [0.1, 0.15) is 5.54 Å². The predicted octanol–water partition coefficient (Wildman–Crippen LogP) is 2.28. The first-order chi connectivity index (χ1) is 8.38. The summed E-state index contributed by atoms with van der Waals surface area (Å²) in [7, 11) is 0. The Morgan fingerprint density at radius 1 is 1.39 bits per heavy atom. The summed E-state index contributed by atoms with van der Waals surface area (Å²) in [6.07, 6.45) is 2.95. The van der Waals surface area contributed by atoms with Gasteiger partial charge in [0.25, 0.3) is 0 Å². The molecule has 0 aromatic carbocycles. The number of rotatable bonds is 9. The van der Waals surface area contributed by atoms with Crippen LogP contribution in [0, 0.1) is 11.8 Å². The van der Waals surface area contributed by atoms with E-state index in [0.29, 0.717) is 12.5 Å². The Labute approximate surface area is 110 Å².